The van der Waals surface area contributed by atoms with E-state index in [1.165, 1.54) is 24.8 Å². The van der Waals surface area contributed by atoms with Crippen LogP contribution in [0.1, 0.15) is 73.1 Å². The number of aromatic nitrogens is 2. The first-order valence-corrected chi connectivity index (χ1v) is 15.3. The molecular weight excluding hydrogens is 532 g/mol. The van der Waals surface area contributed by atoms with Gasteiger partial charge in [-0.3, -0.25) is 9.59 Å². The number of fused-ring (bicyclic) bond motifs is 1. The molecule has 1 aromatic heterocycles. The van der Waals surface area contributed by atoms with E-state index < -0.39 is 0 Å². The lowest BCUT2D eigenvalue weighted by atomic mass is 9.93. The number of hydrogen-bond acceptors (Lipinski definition) is 3. The Balaban J connectivity index is 1.22. The molecule has 0 bridgehead atoms. The highest BCUT2D eigenvalue weighted by Crippen LogP contribution is 2.26. The maximum absolute atomic E-state index is 14.0. The summed E-state index contributed by atoms with van der Waals surface area (Å²) < 4.78 is 2.12. The molecule has 1 saturated carbocycles. The minimum Gasteiger partial charge on any atom is -0.352 e. The fourth-order valence-corrected chi connectivity index (χ4v) is 6.02. The molecule has 5 rings (SSSR count). The third kappa shape index (κ3) is 7.76. The number of imidazole rings is 1. The predicted octanol–water partition coefficient (Wildman–Crippen LogP) is 7.19. The summed E-state index contributed by atoms with van der Waals surface area (Å²) in [6.07, 6.45) is 9.31. The average molecular weight is 571 g/mol. The second-order valence-corrected chi connectivity index (χ2v) is 11.4. The van der Waals surface area contributed by atoms with Crippen molar-refractivity contribution >= 4 is 34.4 Å². The molecule has 0 spiro atoms. The highest BCUT2D eigenvalue weighted by molar-refractivity contribution is 6.30. The molecule has 0 atom stereocenters. The van der Waals surface area contributed by atoms with Crippen LogP contribution in [0.4, 0.5) is 0 Å². The highest BCUT2D eigenvalue weighted by atomic mass is 35.5. The predicted molar refractivity (Wildman–Crippen MR) is 165 cm³/mol. The quantitative estimate of drug-likeness (QED) is 0.183. The number of carbonyl (C=O) groups excluding carboxylic acids is 2. The lowest BCUT2D eigenvalue weighted by Gasteiger charge is -2.35. The summed E-state index contributed by atoms with van der Waals surface area (Å²) in [5.74, 6) is 1.01. The van der Waals surface area contributed by atoms with Crippen molar-refractivity contribution in [1.82, 2.24) is 19.8 Å². The van der Waals surface area contributed by atoms with Crippen molar-refractivity contribution in [2.24, 2.45) is 0 Å². The molecule has 0 saturated heterocycles. The zero-order valence-electron chi connectivity index (χ0n) is 23.6. The van der Waals surface area contributed by atoms with Crippen LogP contribution in [-0.2, 0) is 24.3 Å². The molecule has 6 nitrogen and oxygen atoms in total. The number of amides is 2. The summed E-state index contributed by atoms with van der Waals surface area (Å²) in [5, 5.41) is 3.54. The van der Waals surface area contributed by atoms with Crippen molar-refractivity contribution in [1.29, 1.82) is 0 Å². The van der Waals surface area contributed by atoms with Crippen LogP contribution in [0, 0.1) is 0 Å². The Morgan fingerprint density at radius 1 is 0.902 bits per heavy atom. The monoisotopic (exact) mass is 570 g/mol. The molecule has 41 heavy (non-hydrogen) atoms. The number of nitrogens with zero attached hydrogens (tertiary/aromatic N) is 3. The van der Waals surface area contributed by atoms with Crippen LogP contribution in [0.25, 0.3) is 11.0 Å². The molecule has 1 N–H and O–H groups in total. The molecule has 1 fully saturated rings. The van der Waals surface area contributed by atoms with Gasteiger partial charge < -0.3 is 14.8 Å². The van der Waals surface area contributed by atoms with Crippen LogP contribution in [-0.4, -0.2) is 38.9 Å². The summed E-state index contributed by atoms with van der Waals surface area (Å²) in [6.45, 7) is 1.55. The standard InChI is InChI=1S/C34H39ClN4O2/c35-28-16-12-15-27(23-28)34(41)36-22-11-3-8-21-32-37-30-19-9-10-20-31(30)39(32)25-33(40)38(29-17-6-2-7-18-29)24-26-13-4-1-5-14-26/h1,4-5,9-10,12-16,19-20,23,29H,2-3,6-8,11,17-18,21-22,24-25H2,(H,36,41). The van der Waals surface area contributed by atoms with E-state index in [1.807, 2.05) is 36.4 Å². The fourth-order valence-electron chi connectivity index (χ4n) is 5.83. The van der Waals surface area contributed by atoms with Gasteiger partial charge >= 0.3 is 0 Å². The van der Waals surface area contributed by atoms with Crippen LogP contribution in [0.5, 0.6) is 0 Å². The first-order valence-electron chi connectivity index (χ1n) is 14.9. The van der Waals surface area contributed by atoms with Gasteiger partial charge in [-0.15, -0.1) is 0 Å². The van der Waals surface area contributed by atoms with Crippen molar-refractivity contribution < 1.29 is 9.59 Å². The number of para-hydroxylation sites is 2. The number of carbonyl (C=O) groups is 2. The summed E-state index contributed by atoms with van der Waals surface area (Å²) in [5.41, 5.74) is 3.68. The number of benzene rings is 3. The van der Waals surface area contributed by atoms with E-state index in [4.69, 9.17) is 16.6 Å². The number of unbranched alkanes of at least 4 members (excludes halogenated alkanes) is 2. The Morgan fingerprint density at radius 3 is 2.49 bits per heavy atom. The first-order chi connectivity index (χ1) is 20.1. The summed E-state index contributed by atoms with van der Waals surface area (Å²) >= 11 is 6.00. The lowest BCUT2D eigenvalue weighted by Crippen LogP contribution is -2.42. The van der Waals surface area contributed by atoms with Gasteiger partial charge in [-0.05, 0) is 61.6 Å². The largest absolute Gasteiger partial charge is 0.352 e. The molecule has 1 aliphatic rings. The number of halogens is 1. The second kappa shape index (κ2) is 14.3. The number of hydrogen-bond donors (Lipinski definition) is 1. The normalized spacial score (nSPS) is 13.8. The van der Waals surface area contributed by atoms with Gasteiger partial charge in [0.15, 0.2) is 0 Å². The Hall–Kier alpha value is -3.64. The van der Waals surface area contributed by atoms with Gasteiger partial charge in [-0.25, -0.2) is 4.98 Å². The zero-order valence-corrected chi connectivity index (χ0v) is 24.4. The molecule has 1 aliphatic carbocycles. The molecule has 3 aromatic carbocycles. The lowest BCUT2D eigenvalue weighted by molar-refractivity contribution is -0.135. The van der Waals surface area contributed by atoms with E-state index in [-0.39, 0.29) is 17.9 Å². The Morgan fingerprint density at radius 2 is 1.68 bits per heavy atom. The van der Waals surface area contributed by atoms with Crippen LogP contribution < -0.4 is 5.32 Å². The van der Waals surface area contributed by atoms with Gasteiger partial charge in [-0.2, -0.15) is 0 Å². The molecular formula is C34H39ClN4O2. The molecule has 2 amide bonds. The molecule has 4 aromatic rings. The maximum Gasteiger partial charge on any atom is 0.251 e. The third-order valence-electron chi connectivity index (χ3n) is 8.01. The topological polar surface area (TPSA) is 67.2 Å². The van der Waals surface area contributed by atoms with Crippen LogP contribution >= 0.6 is 11.6 Å². The third-order valence-corrected chi connectivity index (χ3v) is 8.24. The summed E-state index contributed by atoms with van der Waals surface area (Å²) in [4.78, 5) is 33.4. The maximum atomic E-state index is 14.0. The molecule has 0 aliphatic heterocycles. The van der Waals surface area contributed by atoms with E-state index in [0.29, 0.717) is 30.2 Å². The number of aryl methyl sites for hydroxylation is 1. The van der Waals surface area contributed by atoms with Crippen molar-refractivity contribution in [3.05, 3.63) is 101 Å². The van der Waals surface area contributed by atoms with E-state index in [1.54, 1.807) is 24.3 Å². The first kappa shape index (κ1) is 28.9. The van der Waals surface area contributed by atoms with E-state index >= 15 is 0 Å². The van der Waals surface area contributed by atoms with Crippen molar-refractivity contribution in [2.75, 3.05) is 6.54 Å². The van der Waals surface area contributed by atoms with Crippen LogP contribution in [0.2, 0.25) is 5.02 Å². The minimum atomic E-state index is -0.106. The van der Waals surface area contributed by atoms with E-state index in [2.05, 4.69) is 33.0 Å². The smallest absolute Gasteiger partial charge is 0.251 e. The Kier molecular flexibility index (Phi) is 10.1. The molecule has 0 unspecified atom stereocenters. The summed E-state index contributed by atoms with van der Waals surface area (Å²) in [7, 11) is 0. The van der Waals surface area contributed by atoms with Gasteiger partial charge in [0.1, 0.15) is 12.4 Å². The number of rotatable bonds is 12. The number of nitrogens with one attached hydrogen (secondary N) is 1. The fraction of sp³-hybridized carbons (Fsp3) is 0.382. The van der Waals surface area contributed by atoms with Gasteiger partial charge in [0.05, 0.1) is 11.0 Å². The van der Waals surface area contributed by atoms with Gasteiger partial charge in [0.2, 0.25) is 5.91 Å². The molecule has 214 valence electrons. The minimum absolute atomic E-state index is 0.106. The molecule has 0 radical (unpaired) electrons. The van der Waals surface area contributed by atoms with Gasteiger partial charge in [0.25, 0.3) is 5.91 Å². The zero-order chi connectivity index (χ0) is 28.4. The Bertz CT molecular complexity index is 1450. The van der Waals surface area contributed by atoms with Gasteiger partial charge in [-0.1, -0.05) is 85.8 Å². The van der Waals surface area contributed by atoms with Crippen molar-refractivity contribution in [2.45, 2.75) is 76.9 Å². The molecule has 7 heteroatoms. The van der Waals surface area contributed by atoms with Crippen molar-refractivity contribution in [3.63, 3.8) is 0 Å². The van der Waals surface area contributed by atoms with Crippen molar-refractivity contribution in [3.8, 4) is 0 Å². The van der Waals surface area contributed by atoms with Gasteiger partial charge in [0, 0.05) is 36.1 Å². The van der Waals surface area contributed by atoms with Crippen LogP contribution in [0.3, 0.4) is 0 Å². The Labute approximate surface area is 247 Å². The SMILES string of the molecule is O=C(NCCCCCc1nc2ccccc2n1CC(=O)N(Cc1ccccc1)C1CCCCC1)c1cccc(Cl)c1. The highest BCUT2D eigenvalue weighted by Gasteiger charge is 2.27. The summed E-state index contributed by atoms with van der Waals surface area (Å²) in [6, 6.07) is 25.7. The van der Waals surface area contributed by atoms with E-state index in [9.17, 15) is 9.59 Å². The average Bonchev–Trinajstić information content (AvgIpc) is 3.35. The van der Waals surface area contributed by atoms with Crippen LogP contribution in [0.15, 0.2) is 78.9 Å². The molecule has 1 heterocycles. The van der Waals surface area contributed by atoms with E-state index in [0.717, 1.165) is 55.4 Å². The second-order valence-electron chi connectivity index (χ2n) is 11.0.